The van der Waals surface area contributed by atoms with Gasteiger partial charge in [0.1, 0.15) is 11.5 Å². The van der Waals surface area contributed by atoms with Gasteiger partial charge in [0, 0.05) is 19.2 Å². The fraction of sp³-hybridized carbons (Fsp3) is 0.333. The minimum absolute atomic E-state index is 0.234. The van der Waals surface area contributed by atoms with Gasteiger partial charge in [-0.25, -0.2) is 0 Å². The van der Waals surface area contributed by atoms with Crippen LogP contribution in [0.15, 0.2) is 18.2 Å². The molecule has 19 heavy (non-hydrogen) atoms. The number of benzene rings is 1. The molecule has 0 aliphatic heterocycles. The third-order valence-electron chi connectivity index (χ3n) is 2.23. The van der Waals surface area contributed by atoms with Crippen molar-refractivity contribution >= 4 is 11.8 Å². The molecule has 0 radical (unpaired) electrons. The molecule has 1 rings (SSSR count). The van der Waals surface area contributed by atoms with Crippen molar-refractivity contribution in [3.05, 3.63) is 23.8 Å². The van der Waals surface area contributed by atoms with Gasteiger partial charge in [0.05, 0.1) is 12.7 Å². The Morgan fingerprint density at radius 3 is 2.68 bits per heavy atom. The summed E-state index contributed by atoms with van der Waals surface area (Å²) in [4.78, 5) is 22.4. The van der Waals surface area contributed by atoms with E-state index in [1.165, 1.54) is 13.2 Å². The van der Waals surface area contributed by atoms with Crippen molar-refractivity contribution in [3.8, 4) is 11.5 Å². The molecule has 0 saturated heterocycles. The van der Waals surface area contributed by atoms with Gasteiger partial charge in [-0.05, 0) is 12.1 Å². The molecule has 7 nitrogen and oxygen atoms in total. The van der Waals surface area contributed by atoms with Gasteiger partial charge in [0.25, 0.3) is 11.8 Å². The van der Waals surface area contributed by atoms with Crippen molar-refractivity contribution in [1.82, 2.24) is 5.32 Å². The van der Waals surface area contributed by atoms with Gasteiger partial charge in [0.15, 0.2) is 6.61 Å². The van der Waals surface area contributed by atoms with Gasteiger partial charge in [-0.3, -0.25) is 9.59 Å². The van der Waals surface area contributed by atoms with Crippen LogP contribution in [-0.2, 0) is 4.79 Å². The highest BCUT2D eigenvalue weighted by Crippen LogP contribution is 2.24. The predicted octanol–water partition coefficient (Wildman–Crippen LogP) is -0.752. The van der Waals surface area contributed by atoms with Crippen LogP contribution in [0.1, 0.15) is 10.4 Å². The molecule has 0 heterocycles. The van der Waals surface area contributed by atoms with E-state index < -0.39 is 5.91 Å². The monoisotopic (exact) mass is 267 g/mol. The lowest BCUT2D eigenvalue weighted by molar-refractivity contribution is -0.119. The Morgan fingerprint density at radius 2 is 2.11 bits per heavy atom. The smallest absolute Gasteiger partial charge is 0.255 e. The number of amides is 2. The van der Waals surface area contributed by atoms with E-state index in [1.807, 2.05) is 0 Å². The number of primary amides is 1. The molecule has 104 valence electrons. The average molecular weight is 267 g/mol. The lowest BCUT2D eigenvalue weighted by Gasteiger charge is -2.11. The van der Waals surface area contributed by atoms with Crippen molar-refractivity contribution in [2.24, 2.45) is 11.5 Å². The zero-order valence-electron chi connectivity index (χ0n) is 10.6. The molecule has 7 heteroatoms. The molecule has 2 amide bonds. The summed E-state index contributed by atoms with van der Waals surface area (Å²) in [6.07, 6.45) is 0. The predicted molar refractivity (Wildman–Crippen MR) is 69.1 cm³/mol. The minimum atomic E-state index is -0.580. The number of ether oxygens (including phenoxy) is 2. The van der Waals surface area contributed by atoms with Crippen LogP contribution in [0.4, 0.5) is 0 Å². The normalized spacial score (nSPS) is 9.79. The highest BCUT2D eigenvalue weighted by atomic mass is 16.5. The second kappa shape index (κ2) is 7.22. The summed E-state index contributed by atoms with van der Waals surface area (Å²) in [5, 5.41) is 2.63. The molecule has 0 aliphatic rings. The first-order chi connectivity index (χ1) is 9.08. The Balaban J connectivity index is 2.83. The fourth-order valence-corrected chi connectivity index (χ4v) is 1.38. The van der Waals surface area contributed by atoms with Gasteiger partial charge in [0.2, 0.25) is 0 Å². The molecule has 0 aromatic heterocycles. The van der Waals surface area contributed by atoms with Crippen LogP contribution in [-0.4, -0.2) is 38.6 Å². The maximum absolute atomic E-state index is 11.8. The fourth-order valence-electron chi connectivity index (χ4n) is 1.38. The Labute approximate surface area is 110 Å². The van der Waals surface area contributed by atoms with Gasteiger partial charge in [-0.15, -0.1) is 0 Å². The van der Waals surface area contributed by atoms with E-state index in [0.717, 1.165) is 0 Å². The zero-order valence-corrected chi connectivity index (χ0v) is 10.6. The molecular weight excluding hydrogens is 250 g/mol. The third kappa shape index (κ3) is 4.47. The van der Waals surface area contributed by atoms with E-state index in [1.54, 1.807) is 12.1 Å². The lowest BCUT2D eigenvalue weighted by atomic mass is 10.1. The average Bonchev–Trinajstić information content (AvgIpc) is 2.42. The Morgan fingerprint density at radius 1 is 1.37 bits per heavy atom. The molecule has 0 saturated carbocycles. The molecule has 0 fully saturated rings. The number of carbonyl (C=O) groups is 2. The molecule has 0 atom stereocenters. The Kier molecular flexibility index (Phi) is 5.62. The van der Waals surface area contributed by atoms with Crippen LogP contribution in [0.3, 0.4) is 0 Å². The minimum Gasteiger partial charge on any atom is -0.496 e. The maximum Gasteiger partial charge on any atom is 0.255 e. The highest BCUT2D eigenvalue weighted by molar-refractivity contribution is 5.97. The van der Waals surface area contributed by atoms with Crippen molar-refractivity contribution < 1.29 is 19.1 Å². The van der Waals surface area contributed by atoms with Crippen molar-refractivity contribution in [1.29, 1.82) is 0 Å². The quantitative estimate of drug-likeness (QED) is 0.601. The van der Waals surface area contributed by atoms with Gasteiger partial charge in [-0.1, -0.05) is 0 Å². The number of methoxy groups -OCH3 is 1. The maximum atomic E-state index is 11.8. The number of nitrogens with one attached hydrogen (secondary N) is 1. The molecular formula is C12H17N3O4. The summed E-state index contributed by atoms with van der Waals surface area (Å²) in [6.45, 7) is 0.498. The van der Waals surface area contributed by atoms with Gasteiger partial charge < -0.3 is 26.3 Å². The van der Waals surface area contributed by atoms with Crippen LogP contribution < -0.4 is 26.3 Å². The number of carbonyl (C=O) groups excluding carboxylic acids is 2. The highest BCUT2D eigenvalue weighted by Gasteiger charge is 2.13. The molecule has 0 aliphatic carbocycles. The number of nitrogens with two attached hydrogens (primary N) is 2. The Hall–Kier alpha value is -2.28. The number of hydrogen-bond acceptors (Lipinski definition) is 5. The van der Waals surface area contributed by atoms with Crippen molar-refractivity contribution in [2.75, 3.05) is 26.8 Å². The molecule has 0 spiro atoms. The lowest BCUT2D eigenvalue weighted by Crippen LogP contribution is -2.29. The standard InChI is InChI=1S/C12H17N3O4/c1-18-10-6-8(19-7-11(14)16)2-3-9(10)12(17)15-5-4-13/h2-3,6H,4-5,7,13H2,1H3,(H2,14,16)(H,15,17). The van der Waals surface area contributed by atoms with Crippen LogP contribution in [0.5, 0.6) is 11.5 Å². The molecule has 1 aromatic rings. The van der Waals surface area contributed by atoms with Crippen LogP contribution in [0.25, 0.3) is 0 Å². The topological polar surface area (TPSA) is 117 Å². The van der Waals surface area contributed by atoms with Gasteiger partial charge in [-0.2, -0.15) is 0 Å². The van der Waals surface area contributed by atoms with E-state index in [2.05, 4.69) is 5.32 Å². The van der Waals surface area contributed by atoms with E-state index >= 15 is 0 Å². The largest absolute Gasteiger partial charge is 0.496 e. The van der Waals surface area contributed by atoms with E-state index in [0.29, 0.717) is 30.2 Å². The third-order valence-corrected chi connectivity index (χ3v) is 2.23. The second-order valence-electron chi connectivity index (χ2n) is 3.66. The van der Waals surface area contributed by atoms with E-state index in [-0.39, 0.29) is 12.5 Å². The first-order valence-corrected chi connectivity index (χ1v) is 5.66. The van der Waals surface area contributed by atoms with Gasteiger partial charge >= 0.3 is 0 Å². The first kappa shape index (κ1) is 14.8. The van der Waals surface area contributed by atoms with Crippen LogP contribution in [0, 0.1) is 0 Å². The summed E-state index contributed by atoms with van der Waals surface area (Å²) in [5.74, 6) is -0.130. The first-order valence-electron chi connectivity index (χ1n) is 5.66. The van der Waals surface area contributed by atoms with Crippen LogP contribution >= 0.6 is 0 Å². The number of hydrogen-bond donors (Lipinski definition) is 3. The van der Waals surface area contributed by atoms with Crippen molar-refractivity contribution in [2.45, 2.75) is 0 Å². The van der Waals surface area contributed by atoms with Crippen molar-refractivity contribution in [3.63, 3.8) is 0 Å². The van der Waals surface area contributed by atoms with E-state index in [9.17, 15) is 9.59 Å². The van der Waals surface area contributed by atoms with Crippen LogP contribution in [0.2, 0.25) is 0 Å². The summed E-state index contributed by atoms with van der Waals surface area (Å²) in [7, 11) is 1.44. The second-order valence-corrected chi connectivity index (χ2v) is 3.66. The zero-order chi connectivity index (χ0) is 14.3. The molecule has 1 aromatic carbocycles. The molecule has 5 N–H and O–H groups in total. The SMILES string of the molecule is COc1cc(OCC(N)=O)ccc1C(=O)NCCN. The summed E-state index contributed by atoms with van der Waals surface area (Å²) in [6, 6.07) is 4.62. The molecule has 0 unspecified atom stereocenters. The number of rotatable bonds is 7. The molecule has 0 bridgehead atoms. The Bertz CT molecular complexity index is 462. The van der Waals surface area contributed by atoms with E-state index in [4.69, 9.17) is 20.9 Å². The summed E-state index contributed by atoms with van der Waals surface area (Å²) < 4.78 is 10.2. The summed E-state index contributed by atoms with van der Waals surface area (Å²) >= 11 is 0. The summed E-state index contributed by atoms with van der Waals surface area (Å²) in [5.41, 5.74) is 10.6.